The molecule has 1 aromatic heterocycles. The molecule has 0 radical (unpaired) electrons. The lowest BCUT2D eigenvalue weighted by molar-refractivity contribution is 1.09. The van der Waals surface area contributed by atoms with Crippen molar-refractivity contribution < 1.29 is 0 Å². The predicted molar refractivity (Wildman–Crippen MR) is 99.8 cm³/mol. The smallest absolute Gasteiger partial charge is 0.255 e. The van der Waals surface area contributed by atoms with Crippen LogP contribution in [-0.4, -0.2) is 9.97 Å². The second-order valence-corrected chi connectivity index (χ2v) is 6.40. The third kappa shape index (κ3) is 3.56. The summed E-state index contributed by atoms with van der Waals surface area (Å²) in [4.78, 5) is 19.4. The van der Waals surface area contributed by atoms with Crippen LogP contribution in [0.4, 0.5) is 11.6 Å². The molecule has 3 rings (SSSR count). The Hall–Kier alpha value is -2.01. The van der Waals surface area contributed by atoms with E-state index in [4.69, 9.17) is 34.8 Å². The Morgan fingerprint density at radius 3 is 2.38 bits per heavy atom. The molecule has 0 unspecified atom stereocenters. The minimum absolute atomic E-state index is 0.234. The van der Waals surface area contributed by atoms with Gasteiger partial charge in [-0.05, 0) is 43.3 Å². The highest BCUT2D eigenvalue weighted by Crippen LogP contribution is 2.29. The van der Waals surface area contributed by atoms with Gasteiger partial charge in [0.1, 0.15) is 0 Å². The molecule has 7 heteroatoms. The molecule has 1 heterocycles. The fourth-order valence-corrected chi connectivity index (χ4v) is 2.61. The minimum atomic E-state index is -0.234. The Balaban J connectivity index is 2.04. The van der Waals surface area contributed by atoms with Crippen molar-refractivity contribution in [2.45, 2.75) is 6.92 Å². The summed E-state index contributed by atoms with van der Waals surface area (Å²) in [6, 6.07) is 12.2. The molecule has 0 aliphatic rings. The van der Waals surface area contributed by atoms with E-state index in [1.54, 1.807) is 49.4 Å². The van der Waals surface area contributed by atoms with Crippen molar-refractivity contribution in [3.8, 4) is 11.3 Å². The van der Waals surface area contributed by atoms with Crippen molar-refractivity contribution >= 4 is 46.4 Å². The maximum Gasteiger partial charge on any atom is 0.255 e. The van der Waals surface area contributed by atoms with Crippen LogP contribution in [0, 0.1) is 6.92 Å². The molecule has 2 aromatic carbocycles. The van der Waals surface area contributed by atoms with Crippen LogP contribution in [0.3, 0.4) is 0 Å². The van der Waals surface area contributed by atoms with Crippen LogP contribution in [-0.2, 0) is 0 Å². The van der Waals surface area contributed by atoms with E-state index >= 15 is 0 Å². The van der Waals surface area contributed by atoms with E-state index in [1.807, 2.05) is 0 Å². The molecule has 0 bridgehead atoms. The van der Waals surface area contributed by atoms with Crippen molar-refractivity contribution in [1.82, 2.24) is 9.97 Å². The molecule has 0 saturated carbocycles. The van der Waals surface area contributed by atoms with E-state index in [0.29, 0.717) is 37.8 Å². The first kappa shape index (κ1) is 16.8. The number of nitrogens with zero attached hydrogens (tertiary/aromatic N) is 1. The summed E-state index contributed by atoms with van der Waals surface area (Å²) < 4.78 is 0. The van der Waals surface area contributed by atoms with Gasteiger partial charge < -0.3 is 5.32 Å². The molecule has 0 fully saturated rings. The van der Waals surface area contributed by atoms with Crippen molar-refractivity contribution in [1.29, 1.82) is 0 Å². The lowest BCUT2D eigenvalue weighted by Crippen LogP contribution is -2.15. The van der Waals surface area contributed by atoms with Crippen LogP contribution in [0.1, 0.15) is 5.56 Å². The number of aromatic amines is 1. The highest BCUT2D eigenvalue weighted by molar-refractivity contribution is 6.42. The number of nitrogens with one attached hydrogen (secondary N) is 2. The maximum absolute atomic E-state index is 12.2. The van der Waals surface area contributed by atoms with Gasteiger partial charge >= 0.3 is 0 Å². The van der Waals surface area contributed by atoms with E-state index in [-0.39, 0.29) is 5.56 Å². The molecule has 2 N–H and O–H groups in total. The number of anilines is 2. The zero-order valence-electron chi connectivity index (χ0n) is 12.5. The second kappa shape index (κ2) is 6.85. The molecule has 0 atom stereocenters. The minimum Gasteiger partial charge on any atom is -0.326 e. The van der Waals surface area contributed by atoms with Crippen LogP contribution >= 0.6 is 34.8 Å². The molecule has 0 aliphatic heterocycles. The molecule has 0 aliphatic carbocycles. The predicted octanol–water partition coefficient (Wildman–Crippen LogP) is 5.45. The normalized spacial score (nSPS) is 10.7. The Bertz CT molecular complexity index is 952. The molecule has 0 amide bonds. The fourth-order valence-electron chi connectivity index (χ4n) is 2.19. The molecule has 3 aromatic rings. The number of halogens is 3. The average molecular weight is 381 g/mol. The van der Waals surface area contributed by atoms with E-state index in [2.05, 4.69) is 15.3 Å². The third-order valence-corrected chi connectivity index (χ3v) is 4.44. The highest BCUT2D eigenvalue weighted by atomic mass is 35.5. The lowest BCUT2D eigenvalue weighted by Gasteiger charge is -2.10. The molecule has 0 saturated heterocycles. The topological polar surface area (TPSA) is 57.8 Å². The van der Waals surface area contributed by atoms with Gasteiger partial charge in [0.15, 0.2) is 0 Å². The van der Waals surface area contributed by atoms with Gasteiger partial charge in [-0.1, -0.05) is 40.9 Å². The number of benzene rings is 2. The molecule has 122 valence electrons. The van der Waals surface area contributed by atoms with Crippen LogP contribution in [0.15, 0.2) is 47.3 Å². The van der Waals surface area contributed by atoms with E-state index in [9.17, 15) is 4.79 Å². The van der Waals surface area contributed by atoms with Crippen molar-refractivity contribution in [2.75, 3.05) is 5.32 Å². The fraction of sp³-hybridized carbons (Fsp3) is 0.0588. The first-order valence-corrected chi connectivity index (χ1v) is 8.16. The summed E-state index contributed by atoms with van der Waals surface area (Å²) in [6.07, 6.45) is 0. The standard InChI is InChI=1S/C17H12Cl3N3O/c1-9-15(10-2-7-13(19)14(20)8-10)22-17(23-16(9)24)21-12-5-3-11(18)4-6-12/h2-8H,1H3,(H2,21,22,23,24). The van der Waals surface area contributed by atoms with Crippen LogP contribution in [0.5, 0.6) is 0 Å². The monoisotopic (exact) mass is 379 g/mol. The summed E-state index contributed by atoms with van der Waals surface area (Å²) >= 11 is 17.9. The Kier molecular flexibility index (Phi) is 4.81. The maximum atomic E-state index is 12.2. The number of aromatic nitrogens is 2. The Morgan fingerprint density at radius 2 is 1.71 bits per heavy atom. The average Bonchev–Trinajstić information content (AvgIpc) is 2.55. The molecule has 24 heavy (non-hydrogen) atoms. The zero-order chi connectivity index (χ0) is 17.3. The van der Waals surface area contributed by atoms with Gasteiger partial charge in [0, 0.05) is 21.8 Å². The largest absolute Gasteiger partial charge is 0.326 e. The number of rotatable bonds is 3. The second-order valence-electron chi connectivity index (χ2n) is 5.15. The first-order valence-electron chi connectivity index (χ1n) is 7.03. The molecular formula is C17H12Cl3N3O. The first-order chi connectivity index (χ1) is 11.4. The summed E-state index contributed by atoms with van der Waals surface area (Å²) in [7, 11) is 0. The van der Waals surface area contributed by atoms with Gasteiger partial charge in [0.2, 0.25) is 5.95 Å². The van der Waals surface area contributed by atoms with Crippen molar-refractivity contribution in [2.24, 2.45) is 0 Å². The van der Waals surface area contributed by atoms with Crippen LogP contribution in [0.2, 0.25) is 15.1 Å². The SMILES string of the molecule is Cc1c(-c2ccc(Cl)c(Cl)c2)nc(Nc2ccc(Cl)cc2)[nH]c1=O. The summed E-state index contributed by atoms with van der Waals surface area (Å²) in [5.74, 6) is 0.328. The molecule has 4 nitrogen and oxygen atoms in total. The Labute approximate surface area is 153 Å². The zero-order valence-corrected chi connectivity index (χ0v) is 14.8. The highest BCUT2D eigenvalue weighted by Gasteiger charge is 2.11. The van der Waals surface area contributed by atoms with Gasteiger partial charge in [0.05, 0.1) is 15.7 Å². The van der Waals surface area contributed by atoms with Gasteiger partial charge in [0.25, 0.3) is 5.56 Å². The number of H-pyrrole nitrogens is 1. The van der Waals surface area contributed by atoms with E-state index in [1.165, 1.54) is 0 Å². The molecule has 0 spiro atoms. The van der Waals surface area contributed by atoms with Gasteiger partial charge in [-0.2, -0.15) is 0 Å². The van der Waals surface area contributed by atoms with E-state index in [0.717, 1.165) is 5.69 Å². The van der Waals surface area contributed by atoms with Gasteiger partial charge in [-0.15, -0.1) is 0 Å². The quantitative estimate of drug-likeness (QED) is 0.635. The number of hydrogen-bond donors (Lipinski definition) is 2. The summed E-state index contributed by atoms with van der Waals surface area (Å²) in [5, 5.41) is 4.53. The van der Waals surface area contributed by atoms with E-state index < -0.39 is 0 Å². The summed E-state index contributed by atoms with van der Waals surface area (Å²) in [5.41, 5.74) is 2.27. The van der Waals surface area contributed by atoms with Crippen LogP contribution in [0.25, 0.3) is 11.3 Å². The summed E-state index contributed by atoms with van der Waals surface area (Å²) in [6.45, 7) is 1.70. The van der Waals surface area contributed by atoms with Gasteiger partial charge in [-0.25, -0.2) is 4.98 Å². The number of hydrogen-bond acceptors (Lipinski definition) is 3. The Morgan fingerprint density at radius 1 is 1.00 bits per heavy atom. The van der Waals surface area contributed by atoms with Gasteiger partial charge in [-0.3, -0.25) is 9.78 Å². The molecular weight excluding hydrogens is 369 g/mol. The van der Waals surface area contributed by atoms with Crippen LogP contribution < -0.4 is 10.9 Å². The third-order valence-electron chi connectivity index (χ3n) is 3.45. The van der Waals surface area contributed by atoms with Crippen molar-refractivity contribution in [3.63, 3.8) is 0 Å². The lowest BCUT2D eigenvalue weighted by atomic mass is 10.1. The van der Waals surface area contributed by atoms with Crippen molar-refractivity contribution in [3.05, 3.63) is 73.4 Å².